The van der Waals surface area contributed by atoms with E-state index < -0.39 is 0 Å². The molecule has 75 valence electrons. The molecule has 3 heteroatoms. The van der Waals surface area contributed by atoms with Crippen LogP contribution in [0.15, 0.2) is 30.5 Å². The molecule has 3 nitrogen and oxygen atoms in total. The van der Waals surface area contributed by atoms with Crippen LogP contribution in [0.25, 0.3) is 11.3 Å². The second-order valence-electron chi connectivity index (χ2n) is 3.39. The smallest absolute Gasteiger partial charge is 0.101 e. The van der Waals surface area contributed by atoms with Crippen LogP contribution in [0.4, 0.5) is 0 Å². The molecule has 0 unspecified atom stereocenters. The Morgan fingerprint density at radius 1 is 1.25 bits per heavy atom. The molecule has 0 amide bonds. The van der Waals surface area contributed by atoms with Crippen LogP contribution >= 0.6 is 0 Å². The number of hydrogen-bond donors (Lipinski definition) is 0. The van der Waals surface area contributed by atoms with E-state index in [9.17, 15) is 0 Å². The highest BCUT2D eigenvalue weighted by Crippen LogP contribution is 2.25. The average Bonchev–Trinajstić information content (AvgIpc) is 2.74. The summed E-state index contributed by atoms with van der Waals surface area (Å²) in [5.41, 5.74) is 2.47. The van der Waals surface area contributed by atoms with Gasteiger partial charge in [-0.15, -0.1) is 0 Å². The molecule has 0 saturated carbocycles. The van der Waals surface area contributed by atoms with Gasteiger partial charge in [0.05, 0.1) is 11.1 Å². The van der Waals surface area contributed by atoms with Gasteiger partial charge in [0.2, 0.25) is 0 Å². The van der Waals surface area contributed by atoms with E-state index in [1.54, 1.807) is 24.4 Å². The van der Waals surface area contributed by atoms with Crippen molar-refractivity contribution in [2.45, 2.75) is 0 Å². The third kappa shape index (κ3) is 1.45. The number of aromatic nitrogens is 1. The molecule has 1 aromatic heterocycles. The minimum Gasteiger partial charge on any atom is -0.350 e. The molecule has 0 atom stereocenters. The minimum atomic E-state index is 0.404. The summed E-state index contributed by atoms with van der Waals surface area (Å²) >= 11 is 0. The largest absolute Gasteiger partial charge is 0.350 e. The van der Waals surface area contributed by atoms with Crippen molar-refractivity contribution in [1.82, 2.24) is 4.57 Å². The van der Waals surface area contributed by atoms with Gasteiger partial charge in [0.25, 0.3) is 0 Å². The second-order valence-corrected chi connectivity index (χ2v) is 3.39. The number of benzene rings is 1. The Balaban J connectivity index is 2.73. The van der Waals surface area contributed by atoms with Crippen molar-refractivity contribution in [3.8, 4) is 23.4 Å². The van der Waals surface area contributed by atoms with Crippen LogP contribution in [0.2, 0.25) is 0 Å². The van der Waals surface area contributed by atoms with Gasteiger partial charge in [-0.25, -0.2) is 0 Å². The molecular formula is C13H8N3. The zero-order valence-corrected chi connectivity index (χ0v) is 8.73. The molecule has 1 aromatic carbocycles. The van der Waals surface area contributed by atoms with E-state index in [4.69, 9.17) is 10.5 Å². The zero-order chi connectivity index (χ0) is 11.5. The molecule has 2 rings (SSSR count). The van der Waals surface area contributed by atoms with Crippen LogP contribution < -0.4 is 0 Å². The van der Waals surface area contributed by atoms with E-state index in [2.05, 4.69) is 12.1 Å². The summed E-state index contributed by atoms with van der Waals surface area (Å²) in [4.78, 5) is 0. The van der Waals surface area contributed by atoms with E-state index >= 15 is 0 Å². The minimum absolute atomic E-state index is 0.404. The van der Waals surface area contributed by atoms with E-state index in [1.165, 1.54) is 0 Å². The fraction of sp³-hybridized carbons (Fsp3) is 0.0769. The monoisotopic (exact) mass is 206 g/mol. The maximum atomic E-state index is 9.10. The molecule has 0 aliphatic heterocycles. The SMILES string of the molecule is Cn1c[c]cc1-c1cccc(C#N)c1C#N. The Morgan fingerprint density at radius 2 is 2.06 bits per heavy atom. The van der Waals surface area contributed by atoms with Crippen molar-refractivity contribution in [3.63, 3.8) is 0 Å². The highest BCUT2D eigenvalue weighted by Gasteiger charge is 2.11. The predicted molar refractivity (Wildman–Crippen MR) is 59.1 cm³/mol. The van der Waals surface area contributed by atoms with Gasteiger partial charge in [-0.3, -0.25) is 0 Å². The van der Waals surface area contributed by atoms with Gasteiger partial charge in [-0.05, 0) is 12.1 Å². The molecule has 0 spiro atoms. The standard InChI is InChI=1S/C13H8N3/c1-16-7-3-6-13(16)11-5-2-4-10(8-14)12(11)9-15/h2,4-7H,1H3. The lowest BCUT2D eigenvalue weighted by Gasteiger charge is -2.06. The average molecular weight is 206 g/mol. The predicted octanol–water partition coefficient (Wildman–Crippen LogP) is 2.24. The number of aryl methyl sites for hydroxylation is 1. The van der Waals surface area contributed by atoms with Gasteiger partial charge >= 0.3 is 0 Å². The highest BCUT2D eigenvalue weighted by molar-refractivity contribution is 5.71. The molecule has 2 aromatic rings. The third-order valence-electron chi connectivity index (χ3n) is 2.44. The number of hydrogen-bond acceptors (Lipinski definition) is 2. The first-order chi connectivity index (χ1) is 7.77. The van der Waals surface area contributed by atoms with Crippen LogP contribution in [0.5, 0.6) is 0 Å². The van der Waals surface area contributed by atoms with E-state index in [-0.39, 0.29) is 0 Å². The zero-order valence-electron chi connectivity index (χ0n) is 8.73. The maximum absolute atomic E-state index is 9.10. The molecule has 0 aliphatic carbocycles. The second kappa shape index (κ2) is 3.92. The van der Waals surface area contributed by atoms with Gasteiger partial charge in [0.1, 0.15) is 12.1 Å². The molecule has 16 heavy (non-hydrogen) atoms. The summed E-state index contributed by atoms with van der Waals surface area (Å²) < 4.78 is 1.87. The Morgan fingerprint density at radius 3 is 2.62 bits per heavy atom. The van der Waals surface area contributed by atoms with Gasteiger partial charge in [0, 0.05) is 30.6 Å². The Kier molecular flexibility index (Phi) is 2.45. The summed E-state index contributed by atoms with van der Waals surface area (Å²) in [5.74, 6) is 0. The third-order valence-corrected chi connectivity index (χ3v) is 2.44. The quantitative estimate of drug-likeness (QED) is 0.718. The molecular weight excluding hydrogens is 198 g/mol. The lowest BCUT2D eigenvalue weighted by atomic mass is 10.0. The van der Waals surface area contributed by atoms with Crippen molar-refractivity contribution in [2.24, 2.45) is 7.05 Å². The van der Waals surface area contributed by atoms with Crippen LogP contribution in [0.1, 0.15) is 11.1 Å². The van der Waals surface area contributed by atoms with E-state index in [0.29, 0.717) is 11.1 Å². The first-order valence-electron chi connectivity index (χ1n) is 4.74. The number of nitrogens with zero attached hydrogens (tertiary/aromatic N) is 3. The number of nitriles is 2. The van der Waals surface area contributed by atoms with Crippen LogP contribution in [-0.4, -0.2) is 4.57 Å². The van der Waals surface area contributed by atoms with Crippen LogP contribution in [0.3, 0.4) is 0 Å². The number of rotatable bonds is 1. The van der Waals surface area contributed by atoms with Crippen molar-refractivity contribution < 1.29 is 0 Å². The summed E-state index contributed by atoms with van der Waals surface area (Å²) in [5, 5.41) is 18.0. The van der Waals surface area contributed by atoms with Crippen molar-refractivity contribution in [1.29, 1.82) is 10.5 Å². The Hall–Kier alpha value is -2.52. The first-order valence-corrected chi connectivity index (χ1v) is 4.74. The summed E-state index contributed by atoms with van der Waals surface area (Å²) in [7, 11) is 1.88. The molecule has 1 radical (unpaired) electrons. The molecule has 0 N–H and O–H groups in total. The normalized spacial score (nSPS) is 9.44. The summed E-state index contributed by atoms with van der Waals surface area (Å²) in [6, 6.07) is 14.1. The fourth-order valence-electron chi connectivity index (χ4n) is 1.65. The van der Waals surface area contributed by atoms with Crippen LogP contribution in [-0.2, 0) is 7.05 Å². The fourth-order valence-corrected chi connectivity index (χ4v) is 1.65. The lowest BCUT2D eigenvalue weighted by Crippen LogP contribution is -1.94. The molecule has 0 aliphatic rings. The van der Waals surface area contributed by atoms with Gasteiger partial charge in [0.15, 0.2) is 0 Å². The Labute approximate surface area is 93.8 Å². The molecule has 0 bridgehead atoms. The highest BCUT2D eigenvalue weighted by atomic mass is 14.9. The van der Waals surface area contributed by atoms with E-state index in [1.807, 2.05) is 23.8 Å². The topological polar surface area (TPSA) is 52.5 Å². The van der Waals surface area contributed by atoms with Gasteiger partial charge < -0.3 is 4.57 Å². The molecule has 1 heterocycles. The Bertz CT molecular complexity index is 609. The van der Waals surface area contributed by atoms with Crippen molar-refractivity contribution in [3.05, 3.63) is 47.7 Å². The van der Waals surface area contributed by atoms with Gasteiger partial charge in [-0.2, -0.15) is 10.5 Å². The van der Waals surface area contributed by atoms with Gasteiger partial charge in [-0.1, -0.05) is 12.1 Å². The van der Waals surface area contributed by atoms with E-state index in [0.717, 1.165) is 11.3 Å². The van der Waals surface area contributed by atoms with Crippen molar-refractivity contribution >= 4 is 0 Å². The lowest BCUT2D eigenvalue weighted by molar-refractivity contribution is 0.936. The maximum Gasteiger partial charge on any atom is 0.101 e. The van der Waals surface area contributed by atoms with Crippen LogP contribution in [0, 0.1) is 28.7 Å². The summed E-state index contributed by atoms with van der Waals surface area (Å²) in [6.07, 6.45) is 1.79. The van der Waals surface area contributed by atoms with Crippen molar-refractivity contribution in [2.75, 3.05) is 0 Å². The summed E-state index contributed by atoms with van der Waals surface area (Å²) in [6.45, 7) is 0. The molecule has 0 fully saturated rings. The molecule has 0 saturated heterocycles. The first kappa shape index (κ1) is 10.0.